The number of hydrogen-bond donors (Lipinski definition) is 1. The van der Waals surface area contributed by atoms with Crippen LogP contribution in [0.5, 0.6) is 0 Å². The summed E-state index contributed by atoms with van der Waals surface area (Å²) < 4.78 is 13.1. The van der Waals surface area contributed by atoms with Gasteiger partial charge in [0, 0.05) is 29.7 Å². The van der Waals surface area contributed by atoms with Crippen molar-refractivity contribution in [3.8, 4) is 0 Å². The molecule has 0 aliphatic heterocycles. The normalized spacial score (nSPS) is 14.0. The summed E-state index contributed by atoms with van der Waals surface area (Å²) in [6.07, 6.45) is 4.43. The Morgan fingerprint density at radius 3 is 2.62 bits per heavy atom. The second-order valence-corrected chi connectivity index (χ2v) is 6.42. The zero-order valence-corrected chi connectivity index (χ0v) is 13.3. The van der Waals surface area contributed by atoms with Crippen molar-refractivity contribution in [3.05, 3.63) is 71.7 Å². The largest absolute Gasteiger partial charge is 0.361 e. The number of para-hydroxylation sites is 1. The molecule has 1 aliphatic rings. The molecule has 0 spiro atoms. The van der Waals surface area contributed by atoms with Gasteiger partial charge in [-0.15, -0.1) is 0 Å². The Morgan fingerprint density at radius 2 is 1.88 bits per heavy atom. The molecule has 1 fully saturated rings. The zero-order chi connectivity index (χ0) is 16.5. The van der Waals surface area contributed by atoms with Gasteiger partial charge in [-0.25, -0.2) is 4.39 Å². The van der Waals surface area contributed by atoms with Crippen molar-refractivity contribution < 1.29 is 9.18 Å². The summed E-state index contributed by atoms with van der Waals surface area (Å²) in [5, 5.41) is 1.10. The number of nitrogens with one attached hydrogen (secondary N) is 1. The number of nitrogens with zero attached hydrogens (tertiary/aromatic N) is 1. The summed E-state index contributed by atoms with van der Waals surface area (Å²) >= 11 is 0. The maximum atomic E-state index is 13.1. The molecule has 1 heterocycles. The molecule has 0 unspecified atom stereocenters. The Morgan fingerprint density at radius 1 is 1.12 bits per heavy atom. The minimum absolute atomic E-state index is 0.131. The second kappa shape index (κ2) is 6.11. The summed E-state index contributed by atoms with van der Waals surface area (Å²) in [5.74, 6) is -0.117. The fourth-order valence-electron chi connectivity index (χ4n) is 3.14. The molecule has 0 radical (unpaired) electrons. The number of benzene rings is 2. The van der Waals surface area contributed by atoms with E-state index in [1.54, 1.807) is 12.1 Å². The molecule has 0 saturated heterocycles. The molecule has 2 aromatic carbocycles. The van der Waals surface area contributed by atoms with Crippen LogP contribution in [0.15, 0.2) is 54.7 Å². The number of rotatable bonds is 5. The van der Waals surface area contributed by atoms with E-state index in [0.29, 0.717) is 19.0 Å². The third kappa shape index (κ3) is 3.04. The van der Waals surface area contributed by atoms with Crippen molar-refractivity contribution in [1.29, 1.82) is 0 Å². The summed E-state index contributed by atoms with van der Waals surface area (Å²) in [5.41, 5.74) is 3.05. The van der Waals surface area contributed by atoms with Gasteiger partial charge in [-0.2, -0.15) is 0 Å². The number of carbonyl (C=O) groups is 1. The average molecular weight is 322 g/mol. The highest BCUT2D eigenvalue weighted by atomic mass is 19.1. The van der Waals surface area contributed by atoms with Gasteiger partial charge in [0.05, 0.1) is 6.42 Å². The maximum Gasteiger partial charge on any atom is 0.227 e. The standard InChI is InChI=1S/C20H19FN2O/c21-16-7-5-14(6-8-16)13-23(17-9-10-17)20(24)11-15-12-22-19-4-2-1-3-18(15)19/h1-8,12,17,22H,9-11,13H2. The quantitative estimate of drug-likeness (QED) is 0.756. The number of aromatic amines is 1. The molecule has 1 amide bonds. The van der Waals surface area contributed by atoms with Crippen LogP contribution < -0.4 is 0 Å². The first-order chi connectivity index (χ1) is 11.7. The Hall–Kier alpha value is -2.62. The zero-order valence-electron chi connectivity index (χ0n) is 13.3. The molecule has 0 bridgehead atoms. The molecule has 1 aliphatic carbocycles. The lowest BCUT2D eigenvalue weighted by Crippen LogP contribution is -2.33. The van der Waals surface area contributed by atoms with Crippen molar-refractivity contribution in [2.75, 3.05) is 0 Å². The third-order valence-corrected chi connectivity index (χ3v) is 4.59. The number of fused-ring (bicyclic) bond motifs is 1. The summed E-state index contributed by atoms with van der Waals surface area (Å²) in [6.45, 7) is 0.548. The first kappa shape index (κ1) is 14.9. The highest BCUT2D eigenvalue weighted by Gasteiger charge is 2.32. The molecule has 122 valence electrons. The highest BCUT2D eigenvalue weighted by Crippen LogP contribution is 2.29. The Bertz CT molecular complexity index is 865. The van der Waals surface area contributed by atoms with Crippen molar-refractivity contribution in [2.45, 2.75) is 31.8 Å². The number of amides is 1. The van der Waals surface area contributed by atoms with E-state index in [-0.39, 0.29) is 11.7 Å². The predicted molar refractivity (Wildman–Crippen MR) is 92.0 cm³/mol. The van der Waals surface area contributed by atoms with E-state index in [1.165, 1.54) is 12.1 Å². The van der Waals surface area contributed by atoms with Crippen molar-refractivity contribution in [2.24, 2.45) is 0 Å². The molecule has 1 aromatic heterocycles. The van der Waals surface area contributed by atoms with E-state index in [2.05, 4.69) is 4.98 Å². The van der Waals surface area contributed by atoms with E-state index >= 15 is 0 Å². The molecule has 0 atom stereocenters. The Labute approximate surface area is 140 Å². The Kier molecular flexibility index (Phi) is 3.81. The van der Waals surface area contributed by atoms with E-state index in [9.17, 15) is 9.18 Å². The van der Waals surface area contributed by atoms with Crippen LogP contribution in [-0.2, 0) is 17.8 Å². The van der Waals surface area contributed by atoms with Gasteiger partial charge < -0.3 is 9.88 Å². The SMILES string of the molecule is O=C(Cc1c[nH]c2ccccc12)N(Cc1ccc(F)cc1)C1CC1. The van der Waals surface area contributed by atoms with E-state index < -0.39 is 0 Å². The molecule has 24 heavy (non-hydrogen) atoms. The average Bonchev–Trinajstić information content (AvgIpc) is 3.36. The molecule has 3 nitrogen and oxygen atoms in total. The van der Waals surface area contributed by atoms with Crippen LogP contribution in [0.25, 0.3) is 10.9 Å². The molecule has 1 N–H and O–H groups in total. The molecule has 4 rings (SSSR count). The predicted octanol–water partition coefficient (Wildman–Crippen LogP) is 4.04. The van der Waals surface area contributed by atoms with Crippen LogP contribution in [-0.4, -0.2) is 21.8 Å². The summed E-state index contributed by atoms with van der Waals surface area (Å²) in [6, 6.07) is 14.8. The summed E-state index contributed by atoms with van der Waals surface area (Å²) in [7, 11) is 0. The van der Waals surface area contributed by atoms with Crippen LogP contribution in [0.2, 0.25) is 0 Å². The van der Waals surface area contributed by atoms with Gasteiger partial charge in [0.1, 0.15) is 5.82 Å². The van der Waals surface area contributed by atoms with Gasteiger partial charge in [0.25, 0.3) is 0 Å². The number of aromatic nitrogens is 1. The first-order valence-electron chi connectivity index (χ1n) is 8.29. The van der Waals surface area contributed by atoms with Crippen LogP contribution in [0, 0.1) is 5.82 Å². The summed E-state index contributed by atoms with van der Waals surface area (Å²) in [4.78, 5) is 18.0. The number of carbonyl (C=O) groups excluding carboxylic acids is 1. The minimum Gasteiger partial charge on any atom is -0.361 e. The highest BCUT2D eigenvalue weighted by molar-refractivity contribution is 5.89. The molecular weight excluding hydrogens is 303 g/mol. The molecule has 4 heteroatoms. The van der Waals surface area contributed by atoms with Crippen molar-refractivity contribution >= 4 is 16.8 Å². The molecule has 3 aromatic rings. The van der Waals surface area contributed by atoms with Crippen LogP contribution in [0.1, 0.15) is 24.0 Å². The third-order valence-electron chi connectivity index (χ3n) is 4.59. The van der Waals surface area contributed by atoms with Crippen LogP contribution >= 0.6 is 0 Å². The molecular formula is C20H19FN2O. The maximum absolute atomic E-state index is 13.1. The number of hydrogen-bond acceptors (Lipinski definition) is 1. The lowest BCUT2D eigenvalue weighted by Gasteiger charge is -2.22. The Balaban J connectivity index is 1.53. The van der Waals surface area contributed by atoms with Gasteiger partial charge >= 0.3 is 0 Å². The monoisotopic (exact) mass is 322 g/mol. The second-order valence-electron chi connectivity index (χ2n) is 6.42. The van der Waals surface area contributed by atoms with Crippen molar-refractivity contribution in [3.63, 3.8) is 0 Å². The first-order valence-corrected chi connectivity index (χ1v) is 8.29. The van der Waals surface area contributed by atoms with Gasteiger partial charge in [0.2, 0.25) is 5.91 Å². The van der Waals surface area contributed by atoms with Gasteiger partial charge in [-0.05, 0) is 42.2 Å². The van der Waals surface area contributed by atoms with Gasteiger partial charge in [-0.1, -0.05) is 30.3 Å². The van der Waals surface area contributed by atoms with E-state index in [0.717, 1.165) is 34.9 Å². The van der Waals surface area contributed by atoms with Crippen LogP contribution in [0.4, 0.5) is 4.39 Å². The number of halogens is 1. The topological polar surface area (TPSA) is 36.1 Å². The van der Waals surface area contributed by atoms with Gasteiger partial charge in [0.15, 0.2) is 0 Å². The lowest BCUT2D eigenvalue weighted by molar-refractivity contribution is -0.131. The smallest absolute Gasteiger partial charge is 0.227 e. The number of H-pyrrole nitrogens is 1. The van der Waals surface area contributed by atoms with E-state index in [4.69, 9.17) is 0 Å². The lowest BCUT2D eigenvalue weighted by atomic mass is 10.1. The molecule has 1 saturated carbocycles. The van der Waals surface area contributed by atoms with Crippen LogP contribution in [0.3, 0.4) is 0 Å². The van der Waals surface area contributed by atoms with E-state index in [1.807, 2.05) is 35.4 Å². The fraction of sp³-hybridized carbons (Fsp3) is 0.250. The van der Waals surface area contributed by atoms with Crippen molar-refractivity contribution in [1.82, 2.24) is 9.88 Å². The minimum atomic E-state index is -0.248. The fourth-order valence-corrected chi connectivity index (χ4v) is 3.14. The van der Waals surface area contributed by atoms with Gasteiger partial charge in [-0.3, -0.25) is 4.79 Å².